The lowest BCUT2D eigenvalue weighted by Gasteiger charge is -2.08. The fourth-order valence-corrected chi connectivity index (χ4v) is 2.73. The van der Waals surface area contributed by atoms with Gasteiger partial charge >= 0.3 is 6.18 Å². The molecule has 0 unspecified atom stereocenters. The summed E-state index contributed by atoms with van der Waals surface area (Å²) in [6.07, 6.45) is -4.52. The molecule has 0 atom stereocenters. The molecule has 0 aliphatic carbocycles. The number of halogens is 3. The smallest absolute Gasteiger partial charge is 0.187 e. The summed E-state index contributed by atoms with van der Waals surface area (Å²) in [6.45, 7) is 4.19. The minimum absolute atomic E-state index is 0.267. The molecule has 0 radical (unpaired) electrons. The second kappa shape index (κ2) is 6.79. The van der Waals surface area contributed by atoms with Crippen molar-refractivity contribution in [1.29, 1.82) is 0 Å². The molecule has 0 N–H and O–H groups in total. The van der Waals surface area contributed by atoms with E-state index in [1.54, 1.807) is 0 Å². The van der Waals surface area contributed by atoms with Crippen molar-refractivity contribution in [2.24, 2.45) is 0 Å². The van der Waals surface area contributed by atoms with E-state index in [-0.39, 0.29) is 5.03 Å². The summed E-state index contributed by atoms with van der Waals surface area (Å²) in [5, 5.41) is 18.8. The van der Waals surface area contributed by atoms with Gasteiger partial charge in [0.25, 0.3) is 0 Å². The Morgan fingerprint density at radius 2 is 1.68 bits per heavy atom. The minimum atomic E-state index is -4.52. The summed E-state index contributed by atoms with van der Waals surface area (Å²) in [7, 11) is 0. The van der Waals surface area contributed by atoms with E-state index in [0.29, 0.717) is 11.1 Å². The summed E-state index contributed by atoms with van der Waals surface area (Å²) in [5.41, 5.74) is 0.886. The first kappa shape index (κ1) is 17.3. The zero-order chi connectivity index (χ0) is 18.0. The molecule has 0 saturated carbocycles. The van der Waals surface area contributed by atoms with Crippen LogP contribution in [0.25, 0.3) is 5.69 Å². The number of aromatic nitrogens is 6. The van der Waals surface area contributed by atoms with E-state index in [1.165, 1.54) is 16.3 Å². The highest BCUT2D eigenvalue weighted by molar-refractivity contribution is 7.99. The summed E-state index contributed by atoms with van der Waals surface area (Å²) in [5.74, 6) is 0.402. The molecule has 1 aromatic carbocycles. The molecule has 2 aromatic heterocycles. The second-order valence-corrected chi connectivity index (χ2v) is 6.46. The van der Waals surface area contributed by atoms with E-state index >= 15 is 0 Å². The molecular weight excluding hydrogens is 353 g/mol. The summed E-state index contributed by atoms with van der Waals surface area (Å²) < 4.78 is 39.1. The monoisotopic (exact) mass is 366 g/mol. The van der Waals surface area contributed by atoms with Gasteiger partial charge in [-0.05, 0) is 57.9 Å². The van der Waals surface area contributed by atoms with E-state index < -0.39 is 11.9 Å². The lowest BCUT2D eigenvalue weighted by molar-refractivity contribution is -0.141. The van der Waals surface area contributed by atoms with Gasteiger partial charge in [-0.3, -0.25) is 0 Å². The third-order valence-electron chi connectivity index (χ3n) is 3.37. The standard InChI is InChI=1S/C15H13F3N6S/c1-9(2)10-3-5-11(6-4-10)24-14(21-22-23-24)25-13-8-7-12(19-20-13)15(16,17)18/h3-9H,1-2H3. The maximum absolute atomic E-state index is 12.5. The lowest BCUT2D eigenvalue weighted by Crippen LogP contribution is -2.09. The predicted molar refractivity (Wildman–Crippen MR) is 84.4 cm³/mol. The molecule has 0 saturated heterocycles. The minimum Gasteiger partial charge on any atom is -0.187 e. The van der Waals surface area contributed by atoms with Crippen molar-refractivity contribution in [2.75, 3.05) is 0 Å². The molecule has 0 fully saturated rings. The molecule has 6 nitrogen and oxygen atoms in total. The third kappa shape index (κ3) is 3.95. The maximum atomic E-state index is 12.5. The fourth-order valence-electron chi connectivity index (χ4n) is 2.02. The summed E-state index contributed by atoms with van der Waals surface area (Å²) >= 11 is 1.03. The third-order valence-corrected chi connectivity index (χ3v) is 4.24. The molecule has 3 rings (SSSR count). The molecule has 0 aliphatic heterocycles. The van der Waals surface area contributed by atoms with Crippen molar-refractivity contribution in [1.82, 2.24) is 30.4 Å². The number of hydrogen-bond acceptors (Lipinski definition) is 6. The van der Waals surface area contributed by atoms with Gasteiger partial charge in [-0.1, -0.05) is 26.0 Å². The Balaban J connectivity index is 1.82. The Morgan fingerprint density at radius 1 is 0.960 bits per heavy atom. The fraction of sp³-hybridized carbons (Fsp3) is 0.267. The first-order valence-electron chi connectivity index (χ1n) is 7.32. The molecule has 0 spiro atoms. The molecule has 25 heavy (non-hydrogen) atoms. The molecule has 0 aliphatic rings. The molecule has 130 valence electrons. The molecule has 2 heterocycles. The second-order valence-electron chi connectivity index (χ2n) is 5.48. The Morgan fingerprint density at radius 3 is 2.24 bits per heavy atom. The van der Waals surface area contributed by atoms with Crippen molar-refractivity contribution >= 4 is 11.8 Å². The highest BCUT2D eigenvalue weighted by atomic mass is 32.2. The number of benzene rings is 1. The van der Waals surface area contributed by atoms with Crippen molar-refractivity contribution in [3.63, 3.8) is 0 Å². The van der Waals surface area contributed by atoms with Crippen LogP contribution in [0.15, 0.2) is 46.6 Å². The van der Waals surface area contributed by atoms with Gasteiger partial charge in [-0.25, -0.2) is 0 Å². The average molecular weight is 366 g/mol. The highest BCUT2D eigenvalue weighted by Gasteiger charge is 2.33. The summed E-state index contributed by atoms with van der Waals surface area (Å²) in [4.78, 5) is 0. The van der Waals surface area contributed by atoms with Gasteiger partial charge in [0.1, 0.15) is 5.03 Å². The zero-order valence-electron chi connectivity index (χ0n) is 13.3. The van der Waals surface area contributed by atoms with Crippen molar-refractivity contribution in [3.8, 4) is 5.69 Å². The quantitative estimate of drug-likeness (QED) is 0.700. The van der Waals surface area contributed by atoms with Gasteiger partial charge in [0, 0.05) is 0 Å². The highest BCUT2D eigenvalue weighted by Crippen LogP contribution is 2.30. The molecule has 0 amide bonds. The number of tetrazole rings is 1. The van der Waals surface area contributed by atoms with Crippen LogP contribution >= 0.6 is 11.8 Å². The van der Waals surface area contributed by atoms with Crippen LogP contribution in [-0.4, -0.2) is 30.4 Å². The van der Waals surface area contributed by atoms with Crippen molar-refractivity contribution < 1.29 is 13.2 Å². The molecule has 10 heteroatoms. The first-order chi connectivity index (χ1) is 11.8. The van der Waals surface area contributed by atoms with Crippen LogP contribution in [0.5, 0.6) is 0 Å². The van der Waals surface area contributed by atoms with Crippen LogP contribution in [-0.2, 0) is 6.18 Å². The van der Waals surface area contributed by atoms with E-state index in [1.807, 2.05) is 24.3 Å². The Bertz CT molecular complexity index is 843. The van der Waals surface area contributed by atoms with Crippen LogP contribution in [0.4, 0.5) is 13.2 Å². The van der Waals surface area contributed by atoms with Crippen LogP contribution in [0.3, 0.4) is 0 Å². The SMILES string of the molecule is CC(C)c1ccc(-n2nnnc2Sc2ccc(C(F)(F)F)nn2)cc1. The van der Waals surface area contributed by atoms with Gasteiger partial charge < -0.3 is 0 Å². The first-order valence-corrected chi connectivity index (χ1v) is 8.14. The van der Waals surface area contributed by atoms with Crippen molar-refractivity contribution in [2.45, 2.75) is 36.1 Å². The van der Waals surface area contributed by atoms with Crippen LogP contribution in [0, 0.1) is 0 Å². The zero-order valence-corrected chi connectivity index (χ0v) is 14.1. The van der Waals surface area contributed by atoms with Crippen LogP contribution in [0.1, 0.15) is 31.0 Å². The maximum Gasteiger partial charge on any atom is 0.435 e. The van der Waals surface area contributed by atoms with Gasteiger partial charge in [-0.15, -0.1) is 15.3 Å². The Kier molecular flexibility index (Phi) is 4.71. The van der Waals surface area contributed by atoms with Crippen molar-refractivity contribution in [3.05, 3.63) is 47.7 Å². The Labute approximate surface area is 145 Å². The van der Waals surface area contributed by atoms with Gasteiger partial charge in [0.05, 0.1) is 5.69 Å². The lowest BCUT2D eigenvalue weighted by atomic mass is 10.0. The van der Waals surface area contributed by atoms with E-state index in [9.17, 15) is 13.2 Å². The number of alkyl halides is 3. The number of nitrogens with zero attached hydrogens (tertiary/aromatic N) is 6. The molecule has 3 aromatic rings. The number of hydrogen-bond donors (Lipinski definition) is 0. The van der Waals surface area contributed by atoms with Crippen LogP contribution in [0.2, 0.25) is 0 Å². The number of rotatable bonds is 4. The Hall–Kier alpha value is -2.49. The molecule has 0 bridgehead atoms. The van der Waals surface area contributed by atoms with E-state index in [2.05, 4.69) is 39.6 Å². The van der Waals surface area contributed by atoms with E-state index in [0.717, 1.165) is 23.5 Å². The van der Waals surface area contributed by atoms with E-state index in [4.69, 9.17) is 0 Å². The van der Waals surface area contributed by atoms with Gasteiger partial charge in [0.15, 0.2) is 5.69 Å². The van der Waals surface area contributed by atoms with Crippen LogP contribution < -0.4 is 0 Å². The summed E-state index contributed by atoms with van der Waals surface area (Å²) in [6, 6.07) is 9.84. The predicted octanol–water partition coefficient (Wildman–Crippen LogP) is 3.75. The van der Waals surface area contributed by atoms with Gasteiger partial charge in [0.2, 0.25) is 5.16 Å². The normalized spacial score (nSPS) is 11.9. The van der Waals surface area contributed by atoms with Gasteiger partial charge in [-0.2, -0.15) is 17.9 Å². The molecular formula is C15H13F3N6S. The average Bonchev–Trinajstić information content (AvgIpc) is 3.02. The topological polar surface area (TPSA) is 69.4 Å². The largest absolute Gasteiger partial charge is 0.435 e.